The van der Waals surface area contributed by atoms with E-state index in [0.717, 1.165) is 62.7 Å². The van der Waals surface area contributed by atoms with Crippen LogP contribution in [0.2, 0.25) is 0 Å². The fourth-order valence-electron chi connectivity index (χ4n) is 7.98. The SMILES string of the molecule is COc1ccc(CCN2C(=O)[C@@H]3[C@H](C(=O)NC4CCCCC4)[C@@]4(C)C=C[C@@]3(O4)[C@@H]2C(=O)NC2CCCCC2)cc1. The molecule has 1 aromatic rings. The minimum absolute atomic E-state index is 0.110. The van der Waals surface area contributed by atoms with E-state index in [1.165, 1.54) is 12.8 Å². The summed E-state index contributed by atoms with van der Waals surface area (Å²) in [6.07, 6.45) is 15.1. The molecular weight excluding hydrogens is 506 g/mol. The summed E-state index contributed by atoms with van der Waals surface area (Å²) in [4.78, 5) is 43.9. The summed E-state index contributed by atoms with van der Waals surface area (Å²) in [5.74, 6) is -1.06. The molecule has 5 aliphatic rings. The van der Waals surface area contributed by atoms with E-state index >= 15 is 0 Å². The van der Waals surface area contributed by atoms with Crippen molar-refractivity contribution in [1.82, 2.24) is 15.5 Å². The van der Waals surface area contributed by atoms with Gasteiger partial charge in [-0.15, -0.1) is 0 Å². The standard InChI is InChI=1S/C32H43N3O5/c1-31-18-19-32(40-31)26(25(31)28(36)33-22-9-5-3-6-10-22)30(38)35(20-17-21-13-15-24(39-2)16-14-21)27(32)29(37)34-23-11-7-4-8-12-23/h13-16,18-19,22-23,25-27H,3-12,17,20H2,1-2H3,(H,33,36)(H,34,37)/t25-,26+,27+,31-,32+/m1/s1. The molecule has 3 aliphatic heterocycles. The Morgan fingerprint density at radius 2 is 1.52 bits per heavy atom. The van der Waals surface area contributed by atoms with Crippen LogP contribution in [0.5, 0.6) is 5.75 Å². The zero-order valence-electron chi connectivity index (χ0n) is 23.8. The van der Waals surface area contributed by atoms with E-state index in [1.807, 2.05) is 43.3 Å². The van der Waals surface area contributed by atoms with E-state index in [4.69, 9.17) is 9.47 Å². The van der Waals surface area contributed by atoms with E-state index in [1.54, 1.807) is 12.0 Å². The van der Waals surface area contributed by atoms with E-state index in [0.29, 0.717) is 13.0 Å². The van der Waals surface area contributed by atoms with Crippen LogP contribution in [-0.2, 0) is 25.5 Å². The molecule has 2 saturated heterocycles. The van der Waals surface area contributed by atoms with Crippen molar-refractivity contribution in [2.24, 2.45) is 11.8 Å². The highest BCUT2D eigenvalue weighted by Gasteiger charge is 2.76. The number of methoxy groups -OCH3 is 1. The highest BCUT2D eigenvalue weighted by molar-refractivity contribution is 6.00. The summed E-state index contributed by atoms with van der Waals surface area (Å²) >= 11 is 0. The van der Waals surface area contributed by atoms with Gasteiger partial charge in [0, 0.05) is 18.6 Å². The molecule has 4 fully saturated rings. The Morgan fingerprint density at radius 3 is 2.12 bits per heavy atom. The van der Waals surface area contributed by atoms with Gasteiger partial charge >= 0.3 is 0 Å². The lowest BCUT2D eigenvalue weighted by atomic mass is 9.70. The number of hydrogen-bond donors (Lipinski definition) is 2. The van der Waals surface area contributed by atoms with E-state index < -0.39 is 29.1 Å². The molecule has 2 N–H and O–H groups in total. The number of likely N-dealkylation sites (tertiary alicyclic amines) is 1. The van der Waals surface area contributed by atoms with Crippen LogP contribution in [0, 0.1) is 11.8 Å². The van der Waals surface area contributed by atoms with Crippen LogP contribution >= 0.6 is 0 Å². The minimum atomic E-state index is -1.14. The lowest BCUT2D eigenvalue weighted by Crippen LogP contribution is -2.57. The fourth-order valence-corrected chi connectivity index (χ4v) is 7.98. The van der Waals surface area contributed by atoms with Crippen molar-refractivity contribution in [1.29, 1.82) is 0 Å². The molecule has 2 aliphatic carbocycles. The van der Waals surface area contributed by atoms with E-state index in [2.05, 4.69) is 10.6 Å². The van der Waals surface area contributed by atoms with Gasteiger partial charge in [0.25, 0.3) is 0 Å². The largest absolute Gasteiger partial charge is 0.497 e. The fraction of sp³-hybridized carbons (Fsp3) is 0.656. The summed E-state index contributed by atoms with van der Waals surface area (Å²) in [5.41, 5.74) is -1.00. The summed E-state index contributed by atoms with van der Waals surface area (Å²) in [6, 6.07) is 7.22. The third-order valence-electron chi connectivity index (χ3n) is 10.0. The molecule has 8 heteroatoms. The van der Waals surface area contributed by atoms with Gasteiger partial charge in [0.05, 0.1) is 24.5 Å². The monoisotopic (exact) mass is 549 g/mol. The molecule has 8 nitrogen and oxygen atoms in total. The van der Waals surface area contributed by atoms with Gasteiger partial charge in [0.15, 0.2) is 0 Å². The molecule has 0 radical (unpaired) electrons. The average Bonchev–Trinajstić information content (AvgIpc) is 3.53. The van der Waals surface area contributed by atoms with Crippen molar-refractivity contribution < 1.29 is 23.9 Å². The second-order valence-corrected chi connectivity index (χ2v) is 12.6. The van der Waals surface area contributed by atoms with Crippen LogP contribution in [0.1, 0.15) is 76.7 Å². The maximum atomic E-state index is 14.3. The van der Waals surface area contributed by atoms with Crippen LogP contribution in [-0.4, -0.2) is 65.6 Å². The van der Waals surface area contributed by atoms with Crippen LogP contribution in [0.4, 0.5) is 0 Å². The predicted octanol–water partition coefficient (Wildman–Crippen LogP) is 3.68. The van der Waals surface area contributed by atoms with Gasteiger partial charge in [0.1, 0.15) is 17.4 Å². The molecule has 3 amide bonds. The topological polar surface area (TPSA) is 97.0 Å². The van der Waals surface area contributed by atoms with Gasteiger partial charge < -0.3 is 25.0 Å². The second kappa shape index (κ2) is 10.8. The lowest BCUT2D eigenvalue weighted by Gasteiger charge is -2.34. The lowest BCUT2D eigenvalue weighted by molar-refractivity contribution is -0.145. The van der Waals surface area contributed by atoms with E-state index in [9.17, 15) is 14.4 Å². The molecule has 40 heavy (non-hydrogen) atoms. The van der Waals surface area contributed by atoms with Crippen LogP contribution in [0.15, 0.2) is 36.4 Å². The number of benzene rings is 1. The van der Waals surface area contributed by atoms with E-state index in [-0.39, 0.29) is 29.8 Å². The summed E-state index contributed by atoms with van der Waals surface area (Å²) in [7, 11) is 1.63. The first-order valence-electron chi connectivity index (χ1n) is 15.3. The molecule has 3 heterocycles. The van der Waals surface area contributed by atoms with Gasteiger partial charge in [-0.1, -0.05) is 62.8 Å². The minimum Gasteiger partial charge on any atom is -0.497 e. The first kappa shape index (κ1) is 27.3. The molecule has 0 aromatic heterocycles. The van der Waals surface area contributed by atoms with Gasteiger partial charge in [-0.25, -0.2) is 0 Å². The third-order valence-corrected chi connectivity index (χ3v) is 10.0. The third kappa shape index (κ3) is 4.72. The molecule has 1 aromatic carbocycles. The van der Waals surface area contributed by atoms with Gasteiger partial charge in [0.2, 0.25) is 17.7 Å². The van der Waals surface area contributed by atoms with Gasteiger partial charge in [-0.05, 0) is 56.7 Å². The zero-order chi connectivity index (χ0) is 27.9. The number of nitrogens with one attached hydrogen (secondary N) is 2. The summed E-state index contributed by atoms with van der Waals surface area (Å²) in [6.45, 7) is 2.27. The van der Waals surface area contributed by atoms with Crippen LogP contribution in [0.25, 0.3) is 0 Å². The molecule has 6 rings (SSSR count). The summed E-state index contributed by atoms with van der Waals surface area (Å²) < 4.78 is 12.0. The molecule has 1 spiro atoms. The Labute approximate surface area is 237 Å². The number of carbonyl (C=O) groups is 3. The number of rotatable bonds is 8. The number of carbonyl (C=O) groups excluding carboxylic acids is 3. The smallest absolute Gasteiger partial charge is 0.246 e. The Balaban J connectivity index is 1.28. The van der Waals surface area contributed by atoms with Crippen molar-refractivity contribution in [3.05, 3.63) is 42.0 Å². The molecule has 0 unspecified atom stereocenters. The first-order chi connectivity index (χ1) is 19.3. The Bertz CT molecular complexity index is 1160. The Hall–Kier alpha value is -2.87. The number of fused-ring (bicyclic) bond motifs is 1. The average molecular weight is 550 g/mol. The molecule has 2 saturated carbocycles. The van der Waals surface area contributed by atoms with Gasteiger partial charge in [-0.3, -0.25) is 14.4 Å². The van der Waals surface area contributed by atoms with Crippen LogP contribution in [0.3, 0.4) is 0 Å². The predicted molar refractivity (Wildman–Crippen MR) is 151 cm³/mol. The quantitative estimate of drug-likeness (QED) is 0.483. The normalized spacial score (nSPS) is 33.7. The number of nitrogens with zero attached hydrogens (tertiary/aromatic N) is 1. The number of ether oxygens (including phenoxy) is 2. The number of hydrogen-bond acceptors (Lipinski definition) is 5. The zero-order valence-corrected chi connectivity index (χ0v) is 23.8. The van der Waals surface area contributed by atoms with Crippen molar-refractivity contribution in [2.75, 3.05) is 13.7 Å². The first-order valence-corrected chi connectivity index (χ1v) is 15.3. The molecule has 2 bridgehead atoms. The molecule has 5 atom stereocenters. The maximum Gasteiger partial charge on any atom is 0.246 e. The molecular formula is C32H43N3O5. The highest BCUT2D eigenvalue weighted by atomic mass is 16.5. The van der Waals surface area contributed by atoms with Crippen molar-refractivity contribution >= 4 is 17.7 Å². The summed E-state index contributed by atoms with van der Waals surface area (Å²) in [5, 5.41) is 6.53. The maximum absolute atomic E-state index is 14.3. The van der Waals surface area contributed by atoms with Crippen molar-refractivity contribution in [3.8, 4) is 5.75 Å². The van der Waals surface area contributed by atoms with Gasteiger partial charge in [-0.2, -0.15) is 0 Å². The van der Waals surface area contributed by atoms with Crippen LogP contribution < -0.4 is 15.4 Å². The second-order valence-electron chi connectivity index (χ2n) is 12.6. The van der Waals surface area contributed by atoms with Crippen molar-refractivity contribution in [2.45, 2.75) is 107 Å². The highest BCUT2D eigenvalue weighted by Crippen LogP contribution is 2.59. The molecule has 216 valence electrons. The van der Waals surface area contributed by atoms with Crippen molar-refractivity contribution in [3.63, 3.8) is 0 Å². The number of amides is 3. The Kier molecular flexibility index (Phi) is 7.40. The Morgan fingerprint density at radius 1 is 0.925 bits per heavy atom.